The normalized spacial score (nSPS) is 18.6. The number of amides is 1. The number of sulfonamides is 1. The molecule has 3 aromatic rings. The van der Waals surface area contributed by atoms with Crippen LogP contribution in [0.4, 0.5) is 4.39 Å². The fourth-order valence-corrected chi connectivity index (χ4v) is 6.69. The van der Waals surface area contributed by atoms with Crippen molar-refractivity contribution in [1.82, 2.24) is 14.2 Å². The molecular weight excluding hydrogens is 441 g/mol. The second-order valence-electron chi connectivity index (χ2n) is 8.97. The third-order valence-electron chi connectivity index (χ3n) is 6.95. The molecule has 0 unspecified atom stereocenters. The lowest BCUT2D eigenvalue weighted by atomic mass is 9.89. The van der Waals surface area contributed by atoms with Crippen LogP contribution >= 0.6 is 0 Å². The maximum absolute atomic E-state index is 14.5. The first-order valence-electron chi connectivity index (χ1n) is 11.6. The molecule has 0 spiro atoms. The molecule has 5 rings (SSSR count). The highest BCUT2D eigenvalue weighted by molar-refractivity contribution is 7.89. The Kier molecular flexibility index (Phi) is 5.97. The number of aromatic amines is 1. The van der Waals surface area contributed by atoms with Crippen LogP contribution in [0.3, 0.4) is 0 Å². The number of para-hydroxylation sites is 1. The van der Waals surface area contributed by atoms with E-state index in [0.29, 0.717) is 32.1 Å². The van der Waals surface area contributed by atoms with Gasteiger partial charge < -0.3 is 9.88 Å². The Labute approximate surface area is 193 Å². The van der Waals surface area contributed by atoms with Crippen LogP contribution < -0.4 is 0 Å². The zero-order valence-electron chi connectivity index (χ0n) is 18.5. The molecule has 33 heavy (non-hydrogen) atoms. The number of carbonyl (C=O) groups is 1. The van der Waals surface area contributed by atoms with Gasteiger partial charge in [-0.2, -0.15) is 4.31 Å². The molecule has 0 radical (unpaired) electrons. The summed E-state index contributed by atoms with van der Waals surface area (Å²) < 4.78 is 41.9. The largest absolute Gasteiger partial charge is 0.361 e. The number of halogens is 1. The highest BCUT2D eigenvalue weighted by Gasteiger charge is 2.31. The molecule has 6 nitrogen and oxygen atoms in total. The molecule has 2 aliphatic rings. The van der Waals surface area contributed by atoms with Crippen LogP contribution in [0.2, 0.25) is 0 Å². The van der Waals surface area contributed by atoms with Crippen molar-refractivity contribution in [2.24, 2.45) is 0 Å². The molecule has 2 saturated heterocycles. The summed E-state index contributed by atoms with van der Waals surface area (Å²) >= 11 is 0. The van der Waals surface area contributed by atoms with Crippen LogP contribution in [0.5, 0.6) is 0 Å². The lowest BCUT2D eigenvalue weighted by molar-refractivity contribution is 0.0713. The summed E-state index contributed by atoms with van der Waals surface area (Å²) in [5, 5.41) is 1.22. The van der Waals surface area contributed by atoms with Gasteiger partial charge in [-0.05, 0) is 61.4 Å². The van der Waals surface area contributed by atoms with Gasteiger partial charge in [0, 0.05) is 48.8 Å². The Morgan fingerprint density at radius 1 is 0.970 bits per heavy atom. The molecular formula is C25H28FN3O3S. The summed E-state index contributed by atoms with van der Waals surface area (Å²) in [5.74, 6) is -0.703. The average molecular weight is 470 g/mol. The lowest BCUT2D eigenvalue weighted by Gasteiger charge is -2.32. The number of rotatable bonds is 4. The zero-order valence-corrected chi connectivity index (χ0v) is 19.3. The van der Waals surface area contributed by atoms with E-state index in [2.05, 4.69) is 23.3 Å². The minimum Gasteiger partial charge on any atom is -0.361 e. The molecule has 2 aliphatic heterocycles. The molecule has 0 atom stereocenters. The Bertz CT molecular complexity index is 1270. The molecule has 1 amide bonds. The standard InChI is InChI=1S/C25H28FN3O3S/c26-22-9-8-19(16-24(22)33(31,32)29-12-4-1-5-13-29)25(30)28-14-10-18(11-15-28)21-17-27-23-7-3-2-6-20(21)23/h2-3,6-9,16-18,27H,1,4-5,10-15H2. The number of nitrogens with one attached hydrogen (secondary N) is 1. The SMILES string of the molecule is O=C(c1ccc(F)c(S(=O)(=O)N2CCCCC2)c1)N1CCC(c2c[nH]c3ccccc23)CC1. The van der Waals surface area contributed by atoms with Gasteiger partial charge in [-0.15, -0.1) is 0 Å². The predicted molar refractivity (Wildman–Crippen MR) is 125 cm³/mol. The molecule has 1 N–H and O–H groups in total. The number of aromatic nitrogens is 1. The average Bonchev–Trinajstić information content (AvgIpc) is 3.29. The van der Waals surface area contributed by atoms with Gasteiger partial charge >= 0.3 is 0 Å². The van der Waals surface area contributed by atoms with E-state index in [1.807, 2.05) is 12.1 Å². The first-order valence-corrected chi connectivity index (χ1v) is 13.0. The fourth-order valence-electron chi connectivity index (χ4n) is 5.09. The third kappa shape index (κ3) is 4.17. The second-order valence-corrected chi connectivity index (χ2v) is 10.9. The number of likely N-dealkylation sites (tertiary alicyclic amines) is 1. The van der Waals surface area contributed by atoms with Crippen molar-refractivity contribution in [3.63, 3.8) is 0 Å². The van der Waals surface area contributed by atoms with Crippen LogP contribution in [0.1, 0.15) is 53.9 Å². The molecule has 0 bridgehead atoms. The van der Waals surface area contributed by atoms with Gasteiger partial charge in [0.15, 0.2) is 0 Å². The first kappa shape index (κ1) is 22.1. The van der Waals surface area contributed by atoms with Crippen LogP contribution in [0, 0.1) is 5.82 Å². The van der Waals surface area contributed by atoms with Crippen molar-refractivity contribution in [3.05, 3.63) is 65.6 Å². The van der Waals surface area contributed by atoms with E-state index in [-0.39, 0.29) is 11.5 Å². The summed E-state index contributed by atoms with van der Waals surface area (Å²) in [6, 6.07) is 11.9. The topological polar surface area (TPSA) is 73.5 Å². The van der Waals surface area contributed by atoms with Gasteiger partial charge in [-0.3, -0.25) is 4.79 Å². The number of hydrogen-bond donors (Lipinski definition) is 1. The number of benzene rings is 2. The van der Waals surface area contributed by atoms with Gasteiger partial charge in [-0.25, -0.2) is 12.8 Å². The molecule has 2 fully saturated rings. The highest BCUT2D eigenvalue weighted by atomic mass is 32.2. The van der Waals surface area contributed by atoms with E-state index in [1.165, 1.54) is 27.4 Å². The summed E-state index contributed by atoms with van der Waals surface area (Å²) in [6.07, 6.45) is 6.23. The van der Waals surface area contributed by atoms with Crippen molar-refractivity contribution in [1.29, 1.82) is 0 Å². The summed E-state index contributed by atoms with van der Waals surface area (Å²) in [4.78, 5) is 17.8. The monoisotopic (exact) mass is 469 g/mol. The first-order chi connectivity index (χ1) is 15.9. The second kappa shape index (κ2) is 8.91. The van der Waals surface area contributed by atoms with E-state index in [9.17, 15) is 17.6 Å². The Hall–Kier alpha value is -2.71. The van der Waals surface area contributed by atoms with E-state index < -0.39 is 20.7 Å². The van der Waals surface area contributed by atoms with Crippen LogP contribution in [0.15, 0.2) is 53.6 Å². The van der Waals surface area contributed by atoms with Crippen molar-refractivity contribution in [3.8, 4) is 0 Å². The van der Waals surface area contributed by atoms with Gasteiger partial charge in [-0.1, -0.05) is 24.6 Å². The predicted octanol–water partition coefficient (Wildman–Crippen LogP) is 4.50. The van der Waals surface area contributed by atoms with Crippen molar-refractivity contribution < 1.29 is 17.6 Å². The number of piperidine rings is 2. The van der Waals surface area contributed by atoms with E-state index in [4.69, 9.17) is 0 Å². The number of nitrogens with zero attached hydrogens (tertiary/aromatic N) is 2. The summed E-state index contributed by atoms with van der Waals surface area (Å²) in [6.45, 7) is 1.94. The van der Waals surface area contributed by atoms with Gasteiger partial charge in [0.1, 0.15) is 10.7 Å². The number of H-pyrrole nitrogens is 1. The fraction of sp³-hybridized carbons (Fsp3) is 0.400. The quantitative estimate of drug-likeness (QED) is 0.611. The van der Waals surface area contributed by atoms with Gasteiger partial charge in [0.2, 0.25) is 10.0 Å². The molecule has 0 aliphatic carbocycles. The van der Waals surface area contributed by atoms with Gasteiger partial charge in [0.05, 0.1) is 0 Å². The molecule has 0 saturated carbocycles. The number of carbonyl (C=O) groups excluding carboxylic acids is 1. The molecule has 174 valence electrons. The minimum atomic E-state index is -3.95. The number of hydrogen-bond acceptors (Lipinski definition) is 3. The minimum absolute atomic E-state index is 0.220. The van der Waals surface area contributed by atoms with E-state index in [1.54, 1.807) is 4.90 Å². The van der Waals surface area contributed by atoms with Crippen LogP contribution in [0.25, 0.3) is 10.9 Å². The Morgan fingerprint density at radius 2 is 1.70 bits per heavy atom. The van der Waals surface area contributed by atoms with Crippen molar-refractivity contribution in [2.45, 2.75) is 42.9 Å². The van der Waals surface area contributed by atoms with Crippen LogP contribution in [-0.2, 0) is 10.0 Å². The lowest BCUT2D eigenvalue weighted by Crippen LogP contribution is -2.38. The zero-order chi connectivity index (χ0) is 23.0. The molecule has 8 heteroatoms. The van der Waals surface area contributed by atoms with E-state index >= 15 is 0 Å². The molecule has 3 heterocycles. The van der Waals surface area contributed by atoms with Crippen molar-refractivity contribution in [2.75, 3.05) is 26.2 Å². The van der Waals surface area contributed by atoms with Crippen LogP contribution in [-0.4, -0.2) is 54.7 Å². The summed E-state index contributed by atoms with van der Waals surface area (Å²) in [5.41, 5.74) is 2.60. The van der Waals surface area contributed by atoms with Gasteiger partial charge in [0.25, 0.3) is 5.91 Å². The maximum atomic E-state index is 14.5. The van der Waals surface area contributed by atoms with E-state index in [0.717, 1.165) is 43.7 Å². The summed E-state index contributed by atoms with van der Waals surface area (Å²) in [7, 11) is -3.95. The Morgan fingerprint density at radius 3 is 2.45 bits per heavy atom. The highest BCUT2D eigenvalue weighted by Crippen LogP contribution is 2.33. The maximum Gasteiger partial charge on any atom is 0.253 e. The number of fused-ring (bicyclic) bond motifs is 1. The smallest absolute Gasteiger partial charge is 0.253 e. The Balaban J connectivity index is 1.32. The molecule has 1 aromatic heterocycles. The van der Waals surface area contributed by atoms with Crippen molar-refractivity contribution >= 4 is 26.8 Å². The molecule has 2 aromatic carbocycles. The third-order valence-corrected chi connectivity index (χ3v) is 8.87.